The second kappa shape index (κ2) is 3.31. The van der Waals surface area contributed by atoms with E-state index in [4.69, 9.17) is 5.73 Å². The Morgan fingerprint density at radius 1 is 2.00 bits per heavy atom. The molecule has 0 bridgehead atoms. The van der Waals surface area contributed by atoms with Crippen LogP contribution in [-0.4, -0.2) is 9.69 Å². The molecule has 0 saturated heterocycles. The zero-order valence-corrected chi connectivity index (χ0v) is 5.22. The fourth-order valence-electron chi connectivity index (χ4n) is 0.127. The van der Waals surface area contributed by atoms with Crippen molar-refractivity contribution in [2.45, 2.75) is 6.92 Å². The van der Waals surface area contributed by atoms with E-state index < -0.39 is 0 Å². The first-order chi connectivity index (χ1) is 2.77. The molecule has 6 heavy (non-hydrogen) atoms. The maximum atomic E-state index is 5.09. The van der Waals surface area contributed by atoms with Crippen LogP contribution in [0.15, 0.2) is 0 Å². The first kappa shape index (κ1) is 6.11. The summed E-state index contributed by atoms with van der Waals surface area (Å²) >= 11 is 5.49. The van der Waals surface area contributed by atoms with Crippen molar-refractivity contribution < 1.29 is 0 Å². The van der Waals surface area contributed by atoms with Crippen LogP contribution >= 0.6 is 23.6 Å². The maximum absolute atomic E-state index is 5.09. The summed E-state index contributed by atoms with van der Waals surface area (Å²) in [6, 6.07) is 0. The maximum Gasteiger partial charge on any atom is 0.122 e. The summed E-state index contributed by atoms with van der Waals surface area (Å²) in [7, 11) is 0. The Morgan fingerprint density at radius 2 is 2.50 bits per heavy atom. The number of hydrogen-bond acceptors (Lipinski definition) is 1. The summed E-state index contributed by atoms with van der Waals surface area (Å²) in [5.74, 6) is 0. The molecule has 1 nitrogen and oxygen atoms in total. The van der Waals surface area contributed by atoms with Gasteiger partial charge in [0.1, 0.15) is 4.32 Å². The van der Waals surface area contributed by atoms with E-state index in [1.165, 1.54) is 0 Å². The van der Waals surface area contributed by atoms with Crippen molar-refractivity contribution in [2.24, 2.45) is 5.73 Å². The van der Waals surface area contributed by atoms with Crippen LogP contribution in [0.5, 0.6) is 0 Å². The Labute approximate surface area is 46.5 Å². The summed E-state index contributed by atoms with van der Waals surface area (Å²) in [6.45, 7) is 1.92. The third-order valence-electron chi connectivity index (χ3n) is 0.256. The topological polar surface area (TPSA) is 26.0 Å². The van der Waals surface area contributed by atoms with Crippen molar-refractivity contribution >= 4 is 33.3 Å². The van der Waals surface area contributed by atoms with Crippen LogP contribution in [0.2, 0.25) is 0 Å². The van der Waals surface area contributed by atoms with Crippen molar-refractivity contribution in [3.63, 3.8) is 0 Å². The van der Waals surface area contributed by atoms with E-state index in [1.54, 1.807) is 0 Å². The van der Waals surface area contributed by atoms with Crippen LogP contribution in [0.3, 0.4) is 0 Å². The minimum atomic E-state index is 0.539. The average Bonchev–Trinajstić information content (AvgIpc) is 1.35. The molecular formula is C3H7NS2. The fraction of sp³-hybridized carbons (Fsp3) is 0.333. The minimum absolute atomic E-state index is 0.539. The van der Waals surface area contributed by atoms with Crippen LogP contribution < -0.4 is 5.73 Å². The lowest BCUT2D eigenvalue weighted by atomic mass is 11.0. The molecule has 0 amide bonds. The number of nitrogens with two attached hydrogens (primary N) is 1. The molecule has 2 N–H and O–H groups in total. The number of rotatable bonds is 0. The van der Waals surface area contributed by atoms with Gasteiger partial charge in [-0.05, 0) is 6.92 Å². The summed E-state index contributed by atoms with van der Waals surface area (Å²) in [5.41, 5.74) is 5.09. The predicted molar refractivity (Wildman–Crippen MR) is 37.5 cm³/mol. The number of thiocarbonyl (C=S) groups is 1. The van der Waals surface area contributed by atoms with Crippen molar-refractivity contribution in [1.82, 2.24) is 0 Å². The highest BCUT2D eigenvalue weighted by Gasteiger charge is 1.65. The lowest BCUT2D eigenvalue weighted by Gasteiger charge is -1.76. The molecule has 0 radical (unpaired) electrons. The molecule has 36 valence electrons. The first-order valence-corrected chi connectivity index (χ1v) is 2.92. The lowest BCUT2D eigenvalue weighted by Crippen LogP contribution is -1.97. The van der Waals surface area contributed by atoms with Gasteiger partial charge < -0.3 is 5.73 Å². The van der Waals surface area contributed by atoms with Crippen LogP contribution in [0.4, 0.5) is 0 Å². The van der Waals surface area contributed by atoms with E-state index in [9.17, 15) is 0 Å². The third-order valence-corrected chi connectivity index (χ3v) is 1.09. The first-order valence-electron chi connectivity index (χ1n) is 1.55. The lowest BCUT2D eigenvalue weighted by molar-refractivity contribution is 1.91. The molecule has 0 heterocycles. The molecule has 0 fully saturated rings. The predicted octanol–water partition coefficient (Wildman–Crippen LogP) is 0.518. The third kappa shape index (κ3) is 4.11. The molecule has 0 aromatic rings. The van der Waals surface area contributed by atoms with Crippen molar-refractivity contribution in [2.75, 3.05) is 0 Å². The zero-order valence-electron chi connectivity index (χ0n) is 3.51. The Hall–Kier alpha value is 0.110. The summed E-state index contributed by atoms with van der Waals surface area (Å²) < 4.78 is 0.539. The van der Waals surface area contributed by atoms with Gasteiger partial charge >= 0.3 is 0 Å². The molecular weight excluding hydrogens is 114 g/mol. The van der Waals surface area contributed by atoms with Gasteiger partial charge in [-0.1, -0.05) is 17.6 Å². The highest BCUT2D eigenvalue weighted by atomic mass is 32.2. The van der Waals surface area contributed by atoms with E-state index in [1.807, 2.05) is 12.3 Å². The largest absolute Gasteiger partial charge is 0.385 e. The van der Waals surface area contributed by atoms with Gasteiger partial charge in [-0.15, -0.1) is 11.4 Å². The van der Waals surface area contributed by atoms with E-state index in [2.05, 4.69) is 12.2 Å². The smallest absolute Gasteiger partial charge is 0.122 e. The van der Waals surface area contributed by atoms with Crippen molar-refractivity contribution in [1.29, 1.82) is 0 Å². The Bertz CT molecular complexity index is 76.9. The molecule has 0 aromatic heterocycles. The van der Waals surface area contributed by atoms with Gasteiger partial charge in [0.2, 0.25) is 0 Å². The van der Waals surface area contributed by atoms with Gasteiger partial charge in [0, 0.05) is 0 Å². The SMILES string of the molecule is CC=[SH]C(N)=S. The average molecular weight is 121 g/mol. The van der Waals surface area contributed by atoms with Crippen LogP contribution in [0, 0.1) is 0 Å². The Balaban J connectivity index is 3.30. The van der Waals surface area contributed by atoms with Crippen LogP contribution in [-0.2, 0) is 0 Å². The quantitative estimate of drug-likeness (QED) is 0.361. The van der Waals surface area contributed by atoms with Gasteiger partial charge in [-0.2, -0.15) is 0 Å². The Morgan fingerprint density at radius 3 is 2.50 bits per heavy atom. The second-order valence-corrected chi connectivity index (χ2v) is 2.72. The molecule has 0 atom stereocenters. The fourth-order valence-corrected chi connectivity index (χ4v) is 0.698. The highest BCUT2D eigenvalue weighted by Crippen LogP contribution is 1.79. The van der Waals surface area contributed by atoms with Gasteiger partial charge in [-0.25, -0.2) is 0 Å². The van der Waals surface area contributed by atoms with E-state index in [-0.39, 0.29) is 0 Å². The molecule has 0 unspecified atom stereocenters. The standard InChI is InChI=1S/C3H7NS2/c1-2-6-3(4)5/h2,6H,1H3,(H2,4,5). The molecule has 0 spiro atoms. The Kier molecular flexibility index (Phi) is 3.37. The van der Waals surface area contributed by atoms with Gasteiger partial charge in [-0.3, -0.25) is 0 Å². The van der Waals surface area contributed by atoms with Crippen LogP contribution in [0.1, 0.15) is 6.92 Å². The molecule has 0 aliphatic carbocycles. The van der Waals surface area contributed by atoms with Crippen molar-refractivity contribution in [3.8, 4) is 0 Å². The molecule has 0 aliphatic rings. The number of hydrogen-bond donors (Lipinski definition) is 2. The molecule has 0 saturated carbocycles. The second-order valence-electron chi connectivity index (χ2n) is 0.726. The van der Waals surface area contributed by atoms with Crippen LogP contribution in [0.25, 0.3) is 0 Å². The highest BCUT2D eigenvalue weighted by molar-refractivity contribution is 8.21. The van der Waals surface area contributed by atoms with Gasteiger partial charge in [0.05, 0.1) is 0 Å². The number of thiol groups is 1. The summed E-state index contributed by atoms with van der Waals surface area (Å²) in [6.07, 6.45) is 0. The van der Waals surface area contributed by atoms with E-state index in [0.717, 1.165) is 11.4 Å². The van der Waals surface area contributed by atoms with Gasteiger partial charge in [0.15, 0.2) is 0 Å². The normalized spacial score (nSPS) is 10.8. The summed E-state index contributed by atoms with van der Waals surface area (Å²) in [4.78, 5) is 0. The zero-order chi connectivity index (χ0) is 4.99. The molecule has 0 rings (SSSR count). The van der Waals surface area contributed by atoms with Gasteiger partial charge in [0.25, 0.3) is 0 Å². The molecule has 3 heteroatoms. The summed E-state index contributed by atoms with van der Waals surface area (Å²) in [5, 5.41) is 1.91. The molecule has 0 aliphatic heterocycles. The van der Waals surface area contributed by atoms with E-state index >= 15 is 0 Å². The molecule has 0 aromatic carbocycles. The van der Waals surface area contributed by atoms with E-state index in [0.29, 0.717) is 4.32 Å². The van der Waals surface area contributed by atoms with Crippen molar-refractivity contribution in [3.05, 3.63) is 0 Å². The minimum Gasteiger partial charge on any atom is -0.385 e. The monoisotopic (exact) mass is 121 g/mol.